The largest absolute Gasteiger partial charge is 0.462 e. The molecular formula is C12H14BrIO5. The summed E-state index contributed by atoms with van der Waals surface area (Å²) in [4.78, 5) is 0. The van der Waals surface area contributed by atoms with Crippen LogP contribution >= 0.6 is 38.5 Å². The standard InChI is InChI=1S/C12H14BrIO5/c13-6-1-3-7(4-2-6)18-12-11(17)10(16)9(15)8(5-14)19-12/h1-4,8-12,15-17H,5H2/t8-,9+,10-,11-,12-/m0/s1. The van der Waals surface area contributed by atoms with E-state index in [2.05, 4.69) is 15.9 Å². The molecule has 0 spiro atoms. The molecule has 0 amide bonds. The Bertz CT molecular complexity index is 413. The average Bonchev–Trinajstić information content (AvgIpc) is 2.42. The van der Waals surface area contributed by atoms with Crippen molar-refractivity contribution in [2.75, 3.05) is 4.43 Å². The predicted molar refractivity (Wildman–Crippen MR) is 80.3 cm³/mol. The molecule has 0 aliphatic carbocycles. The van der Waals surface area contributed by atoms with Gasteiger partial charge in [-0.2, -0.15) is 0 Å². The summed E-state index contributed by atoms with van der Waals surface area (Å²) in [7, 11) is 0. The maximum absolute atomic E-state index is 9.87. The topological polar surface area (TPSA) is 79.2 Å². The Morgan fingerprint density at radius 3 is 2.32 bits per heavy atom. The van der Waals surface area contributed by atoms with Crippen LogP contribution < -0.4 is 4.74 Å². The van der Waals surface area contributed by atoms with Crippen LogP contribution in [0.5, 0.6) is 5.75 Å². The van der Waals surface area contributed by atoms with Crippen molar-refractivity contribution in [1.82, 2.24) is 0 Å². The van der Waals surface area contributed by atoms with E-state index in [1.54, 1.807) is 24.3 Å². The number of benzene rings is 1. The van der Waals surface area contributed by atoms with E-state index >= 15 is 0 Å². The normalized spacial score (nSPS) is 35.1. The third-order valence-electron chi connectivity index (χ3n) is 2.89. The number of aliphatic hydroxyl groups is 3. The van der Waals surface area contributed by atoms with Crippen LogP contribution in [0.25, 0.3) is 0 Å². The average molecular weight is 445 g/mol. The molecule has 5 atom stereocenters. The summed E-state index contributed by atoms with van der Waals surface area (Å²) in [6.07, 6.45) is -5.26. The number of rotatable bonds is 3. The van der Waals surface area contributed by atoms with Crippen molar-refractivity contribution < 1.29 is 24.8 Å². The predicted octanol–water partition coefficient (Wildman–Crippen LogP) is 1.07. The van der Waals surface area contributed by atoms with Gasteiger partial charge < -0.3 is 24.8 Å². The molecule has 1 aromatic carbocycles. The van der Waals surface area contributed by atoms with Crippen molar-refractivity contribution in [3.8, 4) is 5.75 Å². The Labute approximate surface area is 132 Å². The van der Waals surface area contributed by atoms with Crippen LogP contribution in [0.3, 0.4) is 0 Å². The highest BCUT2D eigenvalue weighted by molar-refractivity contribution is 14.1. The molecule has 106 valence electrons. The minimum atomic E-state index is -1.29. The fraction of sp³-hybridized carbons (Fsp3) is 0.500. The summed E-state index contributed by atoms with van der Waals surface area (Å²) in [5.74, 6) is 0.517. The van der Waals surface area contributed by atoms with Gasteiger partial charge in [0.15, 0.2) is 0 Å². The van der Waals surface area contributed by atoms with E-state index in [1.165, 1.54) is 0 Å². The lowest BCUT2D eigenvalue weighted by molar-refractivity contribution is -0.266. The zero-order valence-electron chi connectivity index (χ0n) is 9.82. The van der Waals surface area contributed by atoms with Crippen LogP contribution in [0.1, 0.15) is 0 Å². The van der Waals surface area contributed by atoms with Crippen LogP contribution in [0.2, 0.25) is 0 Å². The summed E-state index contributed by atoms with van der Waals surface area (Å²) < 4.78 is 12.4. The highest BCUT2D eigenvalue weighted by Crippen LogP contribution is 2.26. The van der Waals surface area contributed by atoms with Crippen LogP contribution in [0.15, 0.2) is 28.7 Å². The molecule has 0 unspecified atom stereocenters. The molecule has 0 aromatic heterocycles. The molecule has 3 N–H and O–H groups in total. The molecule has 1 aromatic rings. The zero-order chi connectivity index (χ0) is 14.0. The van der Waals surface area contributed by atoms with Crippen molar-refractivity contribution in [2.45, 2.75) is 30.7 Å². The summed E-state index contributed by atoms with van der Waals surface area (Å²) >= 11 is 5.36. The number of hydrogen-bond acceptors (Lipinski definition) is 5. The Kier molecular flexibility index (Phi) is 5.44. The zero-order valence-corrected chi connectivity index (χ0v) is 13.6. The number of halogens is 2. The van der Waals surface area contributed by atoms with E-state index < -0.39 is 30.7 Å². The second-order valence-corrected chi connectivity index (χ2v) is 6.04. The summed E-state index contributed by atoms with van der Waals surface area (Å²) in [6, 6.07) is 7.03. The highest BCUT2D eigenvalue weighted by atomic mass is 127. The molecule has 5 nitrogen and oxygen atoms in total. The molecular weight excluding hydrogens is 431 g/mol. The van der Waals surface area contributed by atoms with Gasteiger partial charge in [0.05, 0.1) is 6.10 Å². The van der Waals surface area contributed by atoms with Gasteiger partial charge in [0.1, 0.15) is 24.1 Å². The molecule has 1 aliphatic heterocycles. The monoisotopic (exact) mass is 444 g/mol. The Balaban J connectivity index is 2.08. The van der Waals surface area contributed by atoms with Gasteiger partial charge in [-0.25, -0.2) is 0 Å². The van der Waals surface area contributed by atoms with Crippen LogP contribution in [-0.2, 0) is 4.74 Å². The lowest BCUT2D eigenvalue weighted by atomic mass is 10.00. The minimum Gasteiger partial charge on any atom is -0.462 e. The second-order valence-electron chi connectivity index (χ2n) is 4.24. The summed E-state index contributed by atoms with van der Waals surface area (Å²) in [5, 5.41) is 29.4. The number of aliphatic hydroxyl groups excluding tert-OH is 3. The number of hydrogen-bond donors (Lipinski definition) is 3. The number of ether oxygens (including phenoxy) is 2. The lowest BCUT2D eigenvalue weighted by Gasteiger charge is -2.39. The first-order chi connectivity index (χ1) is 9.02. The van der Waals surface area contributed by atoms with Gasteiger partial charge in [0, 0.05) is 8.90 Å². The fourth-order valence-corrected chi connectivity index (χ4v) is 2.78. The van der Waals surface area contributed by atoms with Crippen molar-refractivity contribution in [1.29, 1.82) is 0 Å². The first kappa shape index (κ1) is 15.5. The van der Waals surface area contributed by atoms with E-state index in [1.807, 2.05) is 22.6 Å². The maximum Gasteiger partial charge on any atom is 0.229 e. The van der Waals surface area contributed by atoms with Crippen molar-refractivity contribution in [3.63, 3.8) is 0 Å². The fourth-order valence-electron chi connectivity index (χ4n) is 1.79. The van der Waals surface area contributed by atoms with E-state index in [4.69, 9.17) is 9.47 Å². The van der Waals surface area contributed by atoms with Gasteiger partial charge in [-0.3, -0.25) is 0 Å². The molecule has 1 aliphatic rings. The SMILES string of the molecule is O[C@@H]1[C@H](O)[C@@H](Oc2ccc(Br)cc2)O[C@@H](CI)[C@H]1O. The van der Waals surface area contributed by atoms with Crippen LogP contribution in [0.4, 0.5) is 0 Å². The smallest absolute Gasteiger partial charge is 0.229 e. The van der Waals surface area contributed by atoms with Crippen molar-refractivity contribution >= 4 is 38.5 Å². The van der Waals surface area contributed by atoms with Gasteiger partial charge in [-0.05, 0) is 24.3 Å². The molecule has 19 heavy (non-hydrogen) atoms. The molecule has 0 radical (unpaired) electrons. The summed E-state index contributed by atoms with van der Waals surface area (Å²) in [5.41, 5.74) is 0. The first-order valence-electron chi connectivity index (χ1n) is 5.71. The van der Waals surface area contributed by atoms with Crippen LogP contribution in [0, 0.1) is 0 Å². The third-order valence-corrected chi connectivity index (χ3v) is 4.28. The Hall–Kier alpha value is 0.0700. The van der Waals surface area contributed by atoms with E-state index in [0.717, 1.165) is 4.47 Å². The van der Waals surface area contributed by atoms with Crippen LogP contribution in [-0.4, -0.2) is 50.5 Å². The highest BCUT2D eigenvalue weighted by Gasteiger charge is 2.44. The molecule has 0 saturated carbocycles. The van der Waals surface area contributed by atoms with Crippen molar-refractivity contribution in [3.05, 3.63) is 28.7 Å². The summed E-state index contributed by atoms with van der Waals surface area (Å²) in [6.45, 7) is 0. The maximum atomic E-state index is 9.87. The second kappa shape index (κ2) is 6.68. The molecule has 2 rings (SSSR count). The van der Waals surface area contributed by atoms with Gasteiger partial charge in [-0.15, -0.1) is 0 Å². The molecule has 1 fully saturated rings. The van der Waals surface area contributed by atoms with Crippen molar-refractivity contribution in [2.24, 2.45) is 0 Å². The van der Waals surface area contributed by atoms with E-state index in [-0.39, 0.29) is 0 Å². The molecule has 1 heterocycles. The Morgan fingerprint density at radius 2 is 1.74 bits per heavy atom. The Morgan fingerprint density at radius 1 is 1.11 bits per heavy atom. The molecule has 1 saturated heterocycles. The van der Waals surface area contributed by atoms with Gasteiger partial charge >= 0.3 is 0 Å². The third kappa shape index (κ3) is 3.59. The minimum absolute atomic E-state index is 0.489. The molecule has 7 heteroatoms. The number of alkyl halides is 1. The first-order valence-corrected chi connectivity index (χ1v) is 8.02. The van der Waals surface area contributed by atoms with Gasteiger partial charge in [0.2, 0.25) is 6.29 Å². The van der Waals surface area contributed by atoms with Gasteiger partial charge in [0.25, 0.3) is 0 Å². The quantitative estimate of drug-likeness (QED) is 0.480. The van der Waals surface area contributed by atoms with E-state index in [0.29, 0.717) is 10.2 Å². The molecule has 0 bridgehead atoms. The van der Waals surface area contributed by atoms with Gasteiger partial charge in [-0.1, -0.05) is 38.5 Å². The van der Waals surface area contributed by atoms with E-state index in [9.17, 15) is 15.3 Å². The lowest BCUT2D eigenvalue weighted by Crippen LogP contribution is -2.59.